The summed E-state index contributed by atoms with van der Waals surface area (Å²) in [5, 5.41) is 5.90. The molecule has 0 aromatic heterocycles. The molecular weight excluding hydrogens is 431 g/mol. The monoisotopic (exact) mass is 458 g/mol. The van der Waals surface area contributed by atoms with Crippen molar-refractivity contribution in [3.05, 3.63) is 42.0 Å². The fourth-order valence-electron chi connectivity index (χ4n) is 2.62. The fraction of sp³-hybridized carbons (Fsp3) is 0.444. The van der Waals surface area contributed by atoms with Gasteiger partial charge in [0.15, 0.2) is 5.96 Å². The molecule has 0 aliphatic carbocycles. The number of amides is 1. The molecule has 2 N–H and O–H groups in total. The van der Waals surface area contributed by atoms with E-state index < -0.39 is 0 Å². The number of halogens is 1. The molecular formula is C18H27IN4O2. The van der Waals surface area contributed by atoms with Crippen molar-refractivity contribution in [2.75, 3.05) is 46.9 Å². The van der Waals surface area contributed by atoms with Gasteiger partial charge in [0.05, 0.1) is 13.2 Å². The number of methoxy groups -OCH3 is 1. The van der Waals surface area contributed by atoms with Gasteiger partial charge in [0, 0.05) is 33.8 Å². The highest BCUT2D eigenvalue weighted by Gasteiger charge is 2.16. The van der Waals surface area contributed by atoms with Crippen molar-refractivity contribution < 1.29 is 9.53 Å². The van der Waals surface area contributed by atoms with Gasteiger partial charge in [-0.3, -0.25) is 9.79 Å². The second-order valence-electron chi connectivity index (χ2n) is 5.53. The minimum atomic E-state index is -0.0641. The lowest BCUT2D eigenvalue weighted by atomic mass is 10.00. The van der Waals surface area contributed by atoms with Crippen molar-refractivity contribution in [1.29, 1.82) is 0 Å². The third-order valence-electron chi connectivity index (χ3n) is 3.90. The average Bonchev–Trinajstić information content (AvgIpc) is 2.64. The SMILES string of the molecule is CN=C(NCC(=O)NCCOC)N1CC=C(c2ccccc2)CC1.I. The molecule has 0 radical (unpaired) electrons. The second kappa shape index (κ2) is 11.9. The number of rotatable bonds is 6. The van der Waals surface area contributed by atoms with Gasteiger partial charge < -0.3 is 20.3 Å². The van der Waals surface area contributed by atoms with Crippen LogP contribution in [-0.4, -0.2) is 63.7 Å². The second-order valence-corrected chi connectivity index (χ2v) is 5.53. The first-order valence-electron chi connectivity index (χ1n) is 8.20. The molecule has 6 nitrogen and oxygen atoms in total. The third kappa shape index (κ3) is 7.03. The van der Waals surface area contributed by atoms with Crippen LogP contribution >= 0.6 is 24.0 Å². The van der Waals surface area contributed by atoms with Crippen molar-refractivity contribution in [3.63, 3.8) is 0 Å². The van der Waals surface area contributed by atoms with Crippen LogP contribution in [0.5, 0.6) is 0 Å². The van der Waals surface area contributed by atoms with Crippen LogP contribution in [0.1, 0.15) is 12.0 Å². The summed E-state index contributed by atoms with van der Waals surface area (Å²) in [5.74, 6) is 0.686. The number of hydrogen-bond acceptors (Lipinski definition) is 3. The number of ether oxygens (including phenoxy) is 1. The zero-order valence-electron chi connectivity index (χ0n) is 14.8. The van der Waals surface area contributed by atoms with Crippen molar-refractivity contribution >= 4 is 41.4 Å². The Kier molecular flexibility index (Phi) is 10.2. The topological polar surface area (TPSA) is 66.0 Å². The van der Waals surface area contributed by atoms with Crippen molar-refractivity contribution in [2.45, 2.75) is 6.42 Å². The molecule has 1 amide bonds. The van der Waals surface area contributed by atoms with E-state index in [1.807, 2.05) is 6.07 Å². The van der Waals surface area contributed by atoms with Crippen molar-refractivity contribution in [3.8, 4) is 0 Å². The summed E-state index contributed by atoms with van der Waals surface area (Å²) in [4.78, 5) is 18.2. The number of carbonyl (C=O) groups excluding carboxylic acids is 1. The molecule has 2 rings (SSSR count). The molecule has 0 atom stereocenters. The quantitative estimate of drug-likeness (QED) is 0.295. The molecule has 0 fully saturated rings. The van der Waals surface area contributed by atoms with Crippen LogP contribution in [0.15, 0.2) is 41.4 Å². The molecule has 0 bridgehead atoms. The van der Waals surface area contributed by atoms with E-state index in [9.17, 15) is 4.79 Å². The van der Waals surface area contributed by atoms with E-state index in [0.717, 1.165) is 25.5 Å². The largest absolute Gasteiger partial charge is 0.383 e. The fourth-order valence-corrected chi connectivity index (χ4v) is 2.62. The molecule has 25 heavy (non-hydrogen) atoms. The Morgan fingerprint density at radius 1 is 1.28 bits per heavy atom. The maximum Gasteiger partial charge on any atom is 0.239 e. The molecule has 0 saturated carbocycles. The van der Waals surface area contributed by atoms with Gasteiger partial charge in [-0.25, -0.2) is 0 Å². The van der Waals surface area contributed by atoms with Crippen LogP contribution in [0.3, 0.4) is 0 Å². The molecule has 0 spiro atoms. The molecule has 0 saturated heterocycles. The number of nitrogens with one attached hydrogen (secondary N) is 2. The predicted octanol–water partition coefficient (Wildman–Crippen LogP) is 1.73. The van der Waals surface area contributed by atoms with Gasteiger partial charge in [-0.1, -0.05) is 36.4 Å². The predicted molar refractivity (Wildman–Crippen MR) is 112 cm³/mol. The molecule has 1 aliphatic rings. The molecule has 138 valence electrons. The first kappa shape index (κ1) is 21.4. The maximum absolute atomic E-state index is 11.7. The van der Waals surface area contributed by atoms with Gasteiger partial charge in [0.25, 0.3) is 0 Å². The molecule has 1 aromatic rings. The Morgan fingerprint density at radius 3 is 2.64 bits per heavy atom. The van der Waals surface area contributed by atoms with Crippen LogP contribution in [0.25, 0.3) is 5.57 Å². The van der Waals surface area contributed by atoms with Gasteiger partial charge in [0.1, 0.15) is 0 Å². The highest BCUT2D eigenvalue weighted by Crippen LogP contribution is 2.21. The van der Waals surface area contributed by atoms with Gasteiger partial charge >= 0.3 is 0 Å². The minimum absolute atomic E-state index is 0. The zero-order valence-corrected chi connectivity index (χ0v) is 17.2. The standard InChI is InChI=1S/C18H26N4O2.HI/c1-19-18(21-14-17(23)20-10-13-24-2)22-11-8-16(9-12-22)15-6-4-3-5-7-15;/h3-8H,9-14H2,1-2H3,(H,19,21)(H,20,23);1H. The van der Waals surface area contributed by atoms with Crippen molar-refractivity contribution in [2.24, 2.45) is 4.99 Å². The van der Waals surface area contributed by atoms with E-state index >= 15 is 0 Å². The van der Waals surface area contributed by atoms with Crippen molar-refractivity contribution in [1.82, 2.24) is 15.5 Å². The van der Waals surface area contributed by atoms with Crippen LogP contribution in [0, 0.1) is 0 Å². The number of hydrogen-bond donors (Lipinski definition) is 2. The summed E-state index contributed by atoms with van der Waals surface area (Å²) < 4.78 is 4.91. The van der Waals surface area contributed by atoms with E-state index in [1.165, 1.54) is 11.1 Å². The number of carbonyl (C=O) groups is 1. The van der Waals surface area contributed by atoms with E-state index in [1.54, 1.807) is 14.2 Å². The Labute approximate surface area is 166 Å². The van der Waals surface area contributed by atoms with E-state index in [-0.39, 0.29) is 36.4 Å². The zero-order chi connectivity index (χ0) is 17.2. The smallest absolute Gasteiger partial charge is 0.239 e. The number of benzene rings is 1. The van der Waals surface area contributed by atoms with Crippen LogP contribution < -0.4 is 10.6 Å². The maximum atomic E-state index is 11.7. The van der Waals surface area contributed by atoms with Gasteiger partial charge in [0.2, 0.25) is 5.91 Å². The summed E-state index contributed by atoms with van der Waals surface area (Å²) in [5.41, 5.74) is 2.64. The van der Waals surface area contributed by atoms with Crippen LogP contribution in [0.4, 0.5) is 0 Å². The third-order valence-corrected chi connectivity index (χ3v) is 3.90. The summed E-state index contributed by atoms with van der Waals surface area (Å²) in [7, 11) is 3.35. The Balaban J connectivity index is 0.00000312. The highest BCUT2D eigenvalue weighted by molar-refractivity contribution is 14.0. The molecule has 1 heterocycles. The van der Waals surface area contributed by atoms with Crippen LogP contribution in [-0.2, 0) is 9.53 Å². The highest BCUT2D eigenvalue weighted by atomic mass is 127. The lowest BCUT2D eigenvalue weighted by molar-refractivity contribution is -0.120. The Bertz CT molecular complexity index is 590. The molecule has 1 aliphatic heterocycles. The minimum Gasteiger partial charge on any atom is -0.383 e. The van der Waals surface area contributed by atoms with E-state index in [4.69, 9.17) is 4.74 Å². The molecule has 1 aromatic carbocycles. The number of guanidine groups is 1. The first-order valence-corrected chi connectivity index (χ1v) is 8.20. The Morgan fingerprint density at radius 2 is 2.04 bits per heavy atom. The van der Waals surface area contributed by atoms with E-state index in [0.29, 0.717) is 13.2 Å². The summed E-state index contributed by atoms with van der Waals surface area (Å²) >= 11 is 0. The molecule has 0 unspecified atom stereocenters. The summed E-state index contributed by atoms with van der Waals surface area (Å²) in [6, 6.07) is 10.4. The summed E-state index contributed by atoms with van der Waals surface area (Å²) in [6.07, 6.45) is 3.19. The summed E-state index contributed by atoms with van der Waals surface area (Å²) in [6.45, 7) is 2.91. The first-order chi connectivity index (χ1) is 11.7. The van der Waals surface area contributed by atoms with Crippen LogP contribution in [0.2, 0.25) is 0 Å². The van der Waals surface area contributed by atoms with Gasteiger partial charge in [-0.2, -0.15) is 0 Å². The number of nitrogens with zero attached hydrogens (tertiary/aromatic N) is 2. The average molecular weight is 458 g/mol. The number of aliphatic imine (C=N–C) groups is 1. The molecule has 7 heteroatoms. The lowest BCUT2D eigenvalue weighted by Crippen LogP contribution is -2.47. The lowest BCUT2D eigenvalue weighted by Gasteiger charge is -2.29. The normalized spacial score (nSPS) is 14.4. The van der Waals surface area contributed by atoms with E-state index in [2.05, 4.69) is 50.9 Å². The van der Waals surface area contributed by atoms with Gasteiger partial charge in [-0.15, -0.1) is 24.0 Å². The van der Waals surface area contributed by atoms with Gasteiger partial charge in [-0.05, 0) is 17.6 Å². The Hall–Kier alpha value is -1.61.